The Labute approximate surface area is 173 Å². The Morgan fingerprint density at radius 1 is 1.10 bits per heavy atom. The fraction of sp³-hybridized carbons (Fsp3) is 0.300. The van der Waals surface area contributed by atoms with Gasteiger partial charge in [0, 0.05) is 18.7 Å². The van der Waals surface area contributed by atoms with Gasteiger partial charge in [0.25, 0.3) is 11.6 Å². The summed E-state index contributed by atoms with van der Waals surface area (Å²) in [7, 11) is 2.96. The van der Waals surface area contributed by atoms with Gasteiger partial charge in [-0.15, -0.1) is 0 Å². The molecule has 0 aromatic heterocycles. The van der Waals surface area contributed by atoms with Crippen molar-refractivity contribution in [1.82, 2.24) is 0 Å². The number of rotatable bonds is 10. The van der Waals surface area contributed by atoms with Crippen molar-refractivity contribution < 1.29 is 28.7 Å². The number of nitrogens with zero attached hydrogens (tertiary/aromatic N) is 1. The molecule has 0 heterocycles. The first-order valence-electron chi connectivity index (χ1n) is 9.05. The van der Waals surface area contributed by atoms with Gasteiger partial charge in [0.15, 0.2) is 6.10 Å². The molecule has 0 bridgehead atoms. The van der Waals surface area contributed by atoms with Gasteiger partial charge in [-0.05, 0) is 25.1 Å². The lowest BCUT2D eigenvalue weighted by Gasteiger charge is -2.16. The summed E-state index contributed by atoms with van der Waals surface area (Å²) in [6, 6.07) is 11.0. The van der Waals surface area contributed by atoms with Gasteiger partial charge in [-0.1, -0.05) is 12.1 Å². The average molecular weight is 417 g/mol. The minimum absolute atomic E-state index is 0.0772. The van der Waals surface area contributed by atoms with Crippen LogP contribution >= 0.6 is 0 Å². The summed E-state index contributed by atoms with van der Waals surface area (Å²) in [6.07, 6.45) is -1.13. The topological polar surface area (TPSA) is 129 Å². The predicted molar refractivity (Wildman–Crippen MR) is 110 cm³/mol. The molecule has 2 aromatic rings. The standard InChI is InChI=1S/C20H23N3O7/c1-13(20(25)22-16-12-14(28-2)8-9-18(16)29-3)30-19(24)10-11-21-15-6-4-5-7-17(15)23(26)27/h4-9,12-13,21H,10-11H2,1-3H3,(H,22,25). The molecule has 2 rings (SSSR count). The van der Waals surface area contributed by atoms with Crippen molar-refractivity contribution in [2.45, 2.75) is 19.4 Å². The number of ether oxygens (including phenoxy) is 3. The van der Waals surface area contributed by atoms with Gasteiger partial charge in [0.1, 0.15) is 17.2 Å². The van der Waals surface area contributed by atoms with Gasteiger partial charge in [-0.25, -0.2) is 0 Å². The molecular formula is C20H23N3O7. The lowest BCUT2D eigenvalue weighted by molar-refractivity contribution is -0.384. The zero-order chi connectivity index (χ0) is 22.1. The molecule has 0 aliphatic rings. The molecule has 10 nitrogen and oxygen atoms in total. The van der Waals surface area contributed by atoms with Crippen LogP contribution in [0, 0.1) is 10.1 Å². The van der Waals surface area contributed by atoms with Crippen LogP contribution in [-0.4, -0.2) is 43.7 Å². The molecule has 0 radical (unpaired) electrons. The Kier molecular flexibility index (Phi) is 7.98. The Morgan fingerprint density at radius 2 is 1.83 bits per heavy atom. The number of methoxy groups -OCH3 is 2. The van der Waals surface area contributed by atoms with Gasteiger partial charge < -0.3 is 24.8 Å². The summed E-state index contributed by atoms with van der Waals surface area (Å²) in [5, 5.41) is 16.4. The second-order valence-electron chi connectivity index (χ2n) is 6.14. The minimum Gasteiger partial charge on any atom is -0.497 e. The molecule has 1 unspecified atom stereocenters. The van der Waals surface area contributed by atoms with Crippen molar-refractivity contribution in [1.29, 1.82) is 0 Å². The first-order valence-corrected chi connectivity index (χ1v) is 9.05. The zero-order valence-electron chi connectivity index (χ0n) is 16.8. The molecule has 2 aromatic carbocycles. The van der Waals surface area contributed by atoms with Crippen LogP contribution in [0.5, 0.6) is 11.5 Å². The van der Waals surface area contributed by atoms with Crippen LogP contribution in [-0.2, 0) is 14.3 Å². The Balaban J connectivity index is 1.87. The van der Waals surface area contributed by atoms with E-state index in [-0.39, 0.29) is 18.7 Å². The maximum absolute atomic E-state index is 12.4. The van der Waals surface area contributed by atoms with Gasteiger partial charge in [0.05, 0.1) is 31.3 Å². The molecule has 1 atom stereocenters. The fourth-order valence-corrected chi connectivity index (χ4v) is 2.54. The van der Waals surface area contributed by atoms with Gasteiger partial charge in [-0.2, -0.15) is 0 Å². The molecule has 0 saturated carbocycles. The smallest absolute Gasteiger partial charge is 0.308 e. The number of esters is 1. The summed E-state index contributed by atoms with van der Waals surface area (Å²) in [4.78, 5) is 34.9. The second-order valence-corrected chi connectivity index (χ2v) is 6.14. The van der Waals surface area contributed by atoms with Crippen LogP contribution in [0.2, 0.25) is 0 Å². The molecule has 10 heteroatoms. The normalized spacial score (nSPS) is 11.2. The van der Waals surface area contributed by atoms with Crippen molar-refractivity contribution in [3.05, 3.63) is 52.6 Å². The Bertz CT molecular complexity index is 917. The molecule has 0 aliphatic carbocycles. The third-order valence-electron chi connectivity index (χ3n) is 4.09. The monoisotopic (exact) mass is 417 g/mol. The largest absolute Gasteiger partial charge is 0.497 e. The highest BCUT2D eigenvalue weighted by Gasteiger charge is 2.20. The van der Waals surface area contributed by atoms with Crippen LogP contribution in [0.25, 0.3) is 0 Å². The number of carbonyl (C=O) groups excluding carboxylic acids is 2. The van der Waals surface area contributed by atoms with Crippen molar-refractivity contribution in [3.63, 3.8) is 0 Å². The van der Waals surface area contributed by atoms with Crippen LogP contribution in [0.3, 0.4) is 0 Å². The fourth-order valence-electron chi connectivity index (χ4n) is 2.54. The molecule has 0 fully saturated rings. The van der Waals surface area contributed by atoms with Crippen LogP contribution in [0.15, 0.2) is 42.5 Å². The van der Waals surface area contributed by atoms with Crippen LogP contribution in [0.1, 0.15) is 13.3 Å². The van der Waals surface area contributed by atoms with E-state index < -0.39 is 22.9 Å². The summed E-state index contributed by atoms with van der Waals surface area (Å²) in [6.45, 7) is 1.55. The number of nitro groups is 1. The maximum atomic E-state index is 12.4. The number of hydrogen-bond donors (Lipinski definition) is 2. The van der Waals surface area contributed by atoms with E-state index in [0.717, 1.165) is 0 Å². The van der Waals surface area contributed by atoms with E-state index >= 15 is 0 Å². The van der Waals surface area contributed by atoms with E-state index in [0.29, 0.717) is 22.9 Å². The number of nitro benzene ring substituents is 1. The molecule has 30 heavy (non-hydrogen) atoms. The van der Waals surface area contributed by atoms with Crippen molar-refractivity contribution in [3.8, 4) is 11.5 Å². The van der Waals surface area contributed by atoms with E-state index in [1.165, 1.54) is 27.2 Å². The maximum Gasteiger partial charge on any atom is 0.308 e. The molecule has 0 saturated heterocycles. The quantitative estimate of drug-likeness (QED) is 0.343. The summed E-state index contributed by atoms with van der Waals surface area (Å²) in [5.41, 5.74) is 0.583. The summed E-state index contributed by atoms with van der Waals surface area (Å²) in [5.74, 6) is -0.212. The Morgan fingerprint density at radius 3 is 2.50 bits per heavy atom. The number of anilines is 2. The van der Waals surface area contributed by atoms with Crippen LogP contribution in [0.4, 0.5) is 17.1 Å². The number of hydrogen-bond acceptors (Lipinski definition) is 8. The third-order valence-corrected chi connectivity index (χ3v) is 4.09. The number of para-hydroxylation sites is 2. The highest BCUT2D eigenvalue weighted by molar-refractivity contribution is 5.96. The van der Waals surface area contributed by atoms with Gasteiger partial charge >= 0.3 is 5.97 Å². The predicted octanol–water partition coefficient (Wildman–Crippen LogP) is 2.98. The number of carbonyl (C=O) groups is 2. The first kappa shape index (κ1) is 22.5. The average Bonchev–Trinajstić information content (AvgIpc) is 2.73. The van der Waals surface area contributed by atoms with Gasteiger partial charge in [0.2, 0.25) is 0 Å². The van der Waals surface area contributed by atoms with E-state index in [1.54, 1.807) is 36.4 Å². The van der Waals surface area contributed by atoms with Crippen LogP contribution < -0.4 is 20.1 Å². The lowest BCUT2D eigenvalue weighted by atomic mass is 10.2. The highest BCUT2D eigenvalue weighted by atomic mass is 16.6. The SMILES string of the molecule is COc1ccc(OC)c(NC(=O)C(C)OC(=O)CCNc2ccccc2[N+](=O)[O-])c1. The van der Waals surface area contributed by atoms with Crippen molar-refractivity contribution in [2.75, 3.05) is 31.4 Å². The molecule has 2 N–H and O–H groups in total. The number of nitrogens with one attached hydrogen (secondary N) is 2. The van der Waals surface area contributed by atoms with Gasteiger partial charge in [-0.3, -0.25) is 19.7 Å². The van der Waals surface area contributed by atoms with E-state index in [1.807, 2.05) is 0 Å². The van der Waals surface area contributed by atoms with E-state index in [9.17, 15) is 19.7 Å². The van der Waals surface area contributed by atoms with Crippen molar-refractivity contribution >= 4 is 28.9 Å². The highest BCUT2D eigenvalue weighted by Crippen LogP contribution is 2.29. The summed E-state index contributed by atoms with van der Waals surface area (Å²) < 4.78 is 15.5. The van der Waals surface area contributed by atoms with E-state index in [2.05, 4.69) is 10.6 Å². The molecule has 160 valence electrons. The third kappa shape index (κ3) is 6.09. The second kappa shape index (κ2) is 10.6. The number of benzene rings is 2. The van der Waals surface area contributed by atoms with Crippen molar-refractivity contribution in [2.24, 2.45) is 0 Å². The minimum atomic E-state index is -1.06. The van der Waals surface area contributed by atoms with E-state index in [4.69, 9.17) is 14.2 Å². The molecule has 1 amide bonds. The Hall–Kier alpha value is -3.82. The molecule has 0 spiro atoms. The molecule has 0 aliphatic heterocycles. The summed E-state index contributed by atoms with van der Waals surface area (Å²) >= 11 is 0. The lowest BCUT2D eigenvalue weighted by Crippen LogP contribution is -2.30. The zero-order valence-corrected chi connectivity index (χ0v) is 16.8. The molecular weight excluding hydrogens is 394 g/mol. The number of amides is 1. The first-order chi connectivity index (χ1) is 14.3.